The van der Waals surface area contributed by atoms with Gasteiger partial charge >= 0.3 is 0 Å². The van der Waals surface area contributed by atoms with Crippen LogP contribution in [0.3, 0.4) is 0 Å². The zero-order valence-corrected chi connectivity index (χ0v) is 33.5. The van der Waals surface area contributed by atoms with E-state index in [0.717, 1.165) is 102 Å². The zero-order chi connectivity index (χ0) is 40.2. The SMILES string of the molecule is CC[n+]1cccc2c(-c3c4ccccc4c(-c4ccc5c6c4ccc[n+]6CCCO5)c4ccc(-c5nc(-c6ccccc6)nc(-c6ccccc6)n5)cc34)ccc(OC)c21. The number of ether oxygens (including phenoxy) is 2. The van der Waals surface area contributed by atoms with Gasteiger partial charge in [-0.05, 0) is 93.2 Å². The van der Waals surface area contributed by atoms with Crippen LogP contribution in [0.15, 0.2) is 164 Å². The van der Waals surface area contributed by atoms with Crippen molar-refractivity contribution in [1.82, 2.24) is 15.0 Å². The van der Waals surface area contributed by atoms with Crippen LogP contribution in [0, 0.1) is 0 Å². The molecular weight excluding hydrogens is 739 g/mol. The van der Waals surface area contributed by atoms with Crippen molar-refractivity contribution in [3.63, 3.8) is 0 Å². The predicted molar refractivity (Wildman–Crippen MR) is 240 cm³/mol. The van der Waals surface area contributed by atoms with Gasteiger partial charge in [0.05, 0.1) is 24.5 Å². The summed E-state index contributed by atoms with van der Waals surface area (Å²) in [5.74, 6) is 3.63. The van der Waals surface area contributed by atoms with E-state index < -0.39 is 0 Å². The zero-order valence-electron chi connectivity index (χ0n) is 33.5. The summed E-state index contributed by atoms with van der Waals surface area (Å²) in [5, 5.41) is 6.85. The summed E-state index contributed by atoms with van der Waals surface area (Å²) >= 11 is 0. The third kappa shape index (κ3) is 5.84. The van der Waals surface area contributed by atoms with Gasteiger partial charge < -0.3 is 9.47 Å². The third-order valence-corrected chi connectivity index (χ3v) is 11.9. The maximum absolute atomic E-state index is 6.34. The maximum Gasteiger partial charge on any atom is 0.255 e. The summed E-state index contributed by atoms with van der Waals surface area (Å²) in [6.07, 6.45) is 5.26. The van der Waals surface area contributed by atoms with Gasteiger partial charge in [-0.3, -0.25) is 0 Å². The van der Waals surface area contributed by atoms with Gasteiger partial charge in [-0.15, -0.1) is 0 Å². The second kappa shape index (κ2) is 14.7. The van der Waals surface area contributed by atoms with E-state index in [1.165, 1.54) is 10.9 Å². The van der Waals surface area contributed by atoms with Gasteiger partial charge in [0.2, 0.25) is 0 Å². The molecule has 0 fully saturated rings. The Morgan fingerprint density at radius 2 is 1.10 bits per heavy atom. The summed E-state index contributed by atoms with van der Waals surface area (Å²) < 4.78 is 17.0. The minimum atomic E-state index is 0.611. The van der Waals surface area contributed by atoms with Gasteiger partial charge in [0, 0.05) is 35.2 Å². The Morgan fingerprint density at radius 3 is 1.77 bits per heavy atom. The number of methoxy groups -OCH3 is 1. The molecule has 0 spiro atoms. The van der Waals surface area contributed by atoms with Crippen LogP contribution in [0.5, 0.6) is 11.5 Å². The van der Waals surface area contributed by atoms with E-state index in [1.807, 2.05) is 60.7 Å². The van der Waals surface area contributed by atoms with Crippen LogP contribution in [0.2, 0.25) is 0 Å². The molecule has 0 saturated heterocycles. The first-order valence-corrected chi connectivity index (χ1v) is 20.6. The normalized spacial score (nSPS) is 12.5. The quantitative estimate of drug-likeness (QED) is 0.119. The van der Waals surface area contributed by atoms with Crippen molar-refractivity contribution in [2.45, 2.75) is 26.4 Å². The Bertz CT molecular complexity index is 3220. The fourth-order valence-electron chi connectivity index (χ4n) is 9.16. The first kappa shape index (κ1) is 35.6. The topological polar surface area (TPSA) is 64.9 Å². The number of hydrogen-bond donors (Lipinski definition) is 0. The van der Waals surface area contributed by atoms with Crippen LogP contribution in [0.4, 0.5) is 0 Å². The van der Waals surface area contributed by atoms with Crippen molar-refractivity contribution in [3.8, 4) is 67.9 Å². The average molecular weight is 780 g/mol. The fraction of sp³-hybridized carbons (Fsp3) is 0.113. The molecule has 0 bridgehead atoms. The lowest BCUT2D eigenvalue weighted by molar-refractivity contribution is -0.670. The number of rotatable bonds is 7. The van der Waals surface area contributed by atoms with Crippen LogP contribution >= 0.6 is 0 Å². The summed E-state index contributed by atoms with van der Waals surface area (Å²) in [4.78, 5) is 15.3. The molecule has 10 aromatic rings. The lowest BCUT2D eigenvalue weighted by atomic mass is 9.83. The van der Waals surface area contributed by atoms with Crippen LogP contribution in [-0.2, 0) is 13.1 Å². The molecule has 0 unspecified atom stereocenters. The molecule has 7 nitrogen and oxygen atoms in total. The molecule has 60 heavy (non-hydrogen) atoms. The average Bonchev–Trinajstić information content (AvgIpc) is 3.54. The molecule has 7 heteroatoms. The largest absolute Gasteiger partial charge is 0.490 e. The van der Waals surface area contributed by atoms with Gasteiger partial charge in [0.1, 0.15) is 6.54 Å². The number of pyridine rings is 2. The Morgan fingerprint density at radius 1 is 0.533 bits per heavy atom. The maximum atomic E-state index is 6.34. The summed E-state index contributed by atoms with van der Waals surface area (Å²) in [6.45, 7) is 4.58. The molecule has 0 radical (unpaired) electrons. The highest BCUT2D eigenvalue weighted by Gasteiger charge is 2.27. The Labute approximate surface area is 347 Å². The van der Waals surface area contributed by atoms with Crippen LogP contribution in [-0.4, -0.2) is 28.7 Å². The van der Waals surface area contributed by atoms with Crippen LogP contribution in [0.1, 0.15) is 13.3 Å². The number of benzene rings is 7. The van der Waals surface area contributed by atoms with Crippen molar-refractivity contribution in [3.05, 3.63) is 164 Å². The summed E-state index contributed by atoms with van der Waals surface area (Å²) in [5.41, 5.74) is 9.57. The van der Waals surface area contributed by atoms with Crippen molar-refractivity contribution in [2.75, 3.05) is 13.7 Å². The van der Waals surface area contributed by atoms with Crippen molar-refractivity contribution >= 4 is 43.4 Å². The molecular formula is C53H41N5O2+2. The van der Waals surface area contributed by atoms with E-state index in [9.17, 15) is 0 Å². The summed E-state index contributed by atoms with van der Waals surface area (Å²) in [7, 11) is 1.75. The van der Waals surface area contributed by atoms with E-state index in [1.54, 1.807) is 7.11 Å². The van der Waals surface area contributed by atoms with Crippen molar-refractivity contribution in [2.24, 2.45) is 0 Å². The number of aromatic nitrogens is 5. The molecule has 288 valence electrons. The number of fused-ring (bicyclic) bond motifs is 3. The monoisotopic (exact) mass is 779 g/mol. The molecule has 11 rings (SSSR count). The van der Waals surface area contributed by atoms with Gasteiger partial charge in [0.15, 0.2) is 47.9 Å². The second-order valence-electron chi connectivity index (χ2n) is 15.2. The molecule has 0 atom stereocenters. The van der Waals surface area contributed by atoms with Gasteiger partial charge in [0.25, 0.3) is 11.0 Å². The molecule has 1 aliphatic rings. The molecule has 0 saturated carbocycles. The Kier molecular flexibility index (Phi) is 8.73. The van der Waals surface area contributed by atoms with Gasteiger partial charge in [-0.25, -0.2) is 15.0 Å². The van der Waals surface area contributed by atoms with E-state index in [0.29, 0.717) is 24.1 Å². The molecule has 0 N–H and O–H groups in total. The second-order valence-corrected chi connectivity index (χ2v) is 15.2. The molecule has 1 aliphatic heterocycles. The standard InChI is InChI=1S/C53H41N5O2/c1-3-57-29-12-21-42-40(25-27-45(59-2)49(42)57)48-38-20-11-10-19-37(38)47(39-26-28-46-50-43(39)22-13-30-58(50)31-14-32-60-46)41-24-23-36(33-44(41)48)53-55-51(34-15-6-4-7-16-34)54-52(56-53)35-17-8-5-9-18-35/h4-13,15-30,33H,3,14,31-32H2,1-2H3/q+2. The highest BCUT2D eigenvalue weighted by atomic mass is 16.5. The van der Waals surface area contributed by atoms with E-state index in [2.05, 4.69) is 119 Å². The van der Waals surface area contributed by atoms with E-state index in [-0.39, 0.29) is 0 Å². The van der Waals surface area contributed by atoms with E-state index >= 15 is 0 Å². The predicted octanol–water partition coefficient (Wildman–Crippen LogP) is 11.2. The van der Waals surface area contributed by atoms with Gasteiger partial charge in [-0.1, -0.05) is 97.1 Å². The lowest BCUT2D eigenvalue weighted by Crippen LogP contribution is -2.33. The smallest absolute Gasteiger partial charge is 0.255 e. The van der Waals surface area contributed by atoms with Gasteiger partial charge in [-0.2, -0.15) is 9.13 Å². The first-order valence-electron chi connectivity index (χ1n) is 20.6. The number of hydrogen-bond acceptors (Lipinski definition) is 5. The minimum Gasteiger partial charge on any atom is -0.490 e. The number of aryl methyl sites for hydroxylation is 2. The fourth-order valence-corrected chi connectivity index (χ4v) is 9.16. The minimum absolute atomic E-state index is 0.611. The first-order chi connectivity index (χ1) is 29.7. The number of nitrogens with zero attached hydrogens (tertiary/aromatic N) is 5. The molecule has 0 amide bonds. The van der Waals surface area contributed by atoms with Crippen LogP contribution in [0.25, 0.3) is 99.8 Å². The molecule has 3 aromatic heterocycles. The Balaban J connectivity index is 1.27. The summed E-state index contributed by atoms with van der Waals surface area (Å²) in [6, 6.07) is 53.4. The highest BCUT2D eigenvalue weighted by molar-refractivity contribution is 6.25. The van der Waals surface area contributed by atoms with Crippen molar-refractivity contribution < 1.29 is 18.6 Å². The highest BCUT2D eigenvalue weighted by Crippen LogP contribution is 2.48. The van der Waals surface area contributed by atoms with Crippen LogP contribution < -0.4 is 18.6 Å². The molecule has 0 aliphatic carbocycles. The Hall–Kier alpha value is -7.51. The van der Waals surface area contributed by atoms with Crippen molar-refractivity contribution in [1.29, 1.82) is 0 Å². The molecule has 4 heterocycles. The van der Waals surface area contributed by atoms with E-state index in [4.69, 9.17) is 24.4 Å². The molecule has 7 aromatic carbocycles. The third-order valence-electron chi connectivity index (χ3n) is 11.9. The lowest BCUT2D eigenvalue weighted by Gasteiger charge is -2.20.